The van der Waals surface area contributed by atoms with Crippen LogP contribution in [0, 0.1) is 13.8 Å². The first-order valence-corrected chi connectivity index (χ1v) is 10.2. The number of hydrogen-bond acceptors (Lipinski definition) is 4. The van der Waals surface area contributed by atoms with Gasteiger partial charge in [0.25, 0.3) is 10.0 Å². The number of nitrogens with zero attached hydrogens (tertiary/aromatic N) is 1. The summed E-state index contributed by atoms with van der Waals surface area (Å²) < 4.78 is 30.1. The van der Waals surface area contributed by atoms with Gasteiger partial charge in [0.05, 0.1) is 27.8 Å². The first-order valence-electron chi connectivity index (χ1n) is 7.98. The van der Waals surface area contributed by atoms with E-state index in [0.717, 1.165) is 17.5 Å². The molecule has 0 saturated carbocycles. The minimum Gasteiger partial charge on any atom is -0.490 e. The number of aryl methyl sites for hydroxylation is 2. The third kappa shape index (κ3) is 5.13. The average molecular weight is 415 g/mol. The summed E-state index contributed by atoms with van der Waals surface area (Å²) in [5, 5.41) is 4.47. The second kappa shape index (κ2) is 8.75. The van der Waals surface area contributed by atoms with Crippen LogP contribution in [0.15, 0.2) is 40.3 Å². The Balaban J connectivity index is 2.15. The maximum absolute atomic E-state index is 12.3. The van der Waals surface area contributed by atoms with Crippen molar-refractivity contribution in [2.45, 2.75) is 32.1 Å². The van der Waals surface area contributed by atoms with E-state index in [-0.39, 0.29) is 4.90 Å². The molecule has 0 heterocycles. The minimum absolute atomic E-state index is 0.150. The van der Waals surface area contributed by atoms with Crippen molar-refractivity contribution in [3.63, 3.8) is 0 Å². The lowest BCUT2D eigenvalue weighted by Crippen LogP contribution is -2.18. The Morgan fingerprint density at radius 1 is 1.12 bits per heavy atom. The van der Waals surface area contributed by atoms with Gasteiger partial charge in [0.2, 0.25) is 0 Å². The van der Waals surface area contributed by atoms with Crippen molar-refractivity contribution in [3.05, 3.63) is 57.1 Å². The zero-order valence-electron chi connectivity index (χ0n) is 14.7. The maximum atomic E-state index is 12.3. The van der Waals surface area contributed by atoms with Crippen molar-refractivity contribution in [2.75, 3.05) is 6.61 Å². The molecule has 26 heavy (non-hydrogen) atoms. The Morgan fingerprint density at radius 2 is 1.77 bits per heavy atom. The SMILES string of the molecule is CCCOc1c(Cl)cc(/C=N/NS(=O)(=O)c2ccc(C)c(C)c2)cc1Cl. The highest BCUT2D eigenvalue weighted by atomic mass is 35.5. The van der Waals surface area contributed by atoms with Crippen LogP contribution in [0.1, 0.15) is 30.0 Å². The van der Waals surface area contributed by atoms with E-state index >= 15 is 0 Å². The maximum Gasteiger partial charge on any atom is 0.276 e. The fraction of sp³-hybridized carbons (Fsp3) is 0.278. The molecule has 0 spiro atoms. The fourth-order valence-electron chi connectivity index (χ4n) is 2.10. The molecule has 140 valence electrons. The Kier molecular flexibility index (Phi) is 6.92. The van der Waals surface area contributed by atoms with Crippen LogP contribution in [-0.4, -0.2) is 21.2 Å². The van der Waals surface area contributed by atoms with E-state index in [2.05, 4.69) is 9.93 Å². The van der Waals surface area contributed by atoms with Gasteiger partial charge in [-0.15, -0.1) is 0 Å². The van der Waals surface area contributed by atoms with Crippen LogP contribution in [0.5, 0.6) is 5.75 Å². The molecule has 2 aromatic carbocycles. The first-order chi connectivity index (χ1) is 12.2. The number of halogens is 2. The van der Waals surface area contributed by atoms with Gasteiger partial charge in [0, 0.05) is 0 Å². The number of hydrazone groups is 1. The van der Waals surface area contributed by atoms with Crippen LogP contribution in [0.2, 0.25) is 10.0 Å². The standard InChI is InChI=1S/C18H20Cl2N2O3S/c1-4-7-25-18-16(19)9-14(10-17(18)20)11-21-22-26(23,24)15-6-5-12(2)13(3)8-15/h5-6,8-11,22H,4,7H2,1-3H3/b21-11+. The third-order valence-electron chi connectivity index (χ3n) is 3.65. The van der Waals surface area contributed by atoms with Gasteiger partial charge in [-0.25, -0.2) is 4.83 Å². The average Bonchev–Trinajstić information content (AvgIpc) is 2.56. The molecule has 0 atom stereocenters. The topological polar surface area (TPSA) is 67.8 Å². The lowest BCUT2D eigenvalue weighted by molar-refractivity contribution is 0.318. The van der Waals surface area contributed by atoms with E-state index in [1.165, 1.54) is 12.3 Å². The van der Waals surface area contributed by atoms with Crippen molar-refractivity contribution in [1.82, 2.24) is 4.83 Å². The van der Waals surface area contributed by atoms with Crippen LogP contribution in [0.25, 0.3) is 0 Å². The number of hydrogen-bond donors (Lipinski definition) is 1. The van der Waals surface area contributed by atoms with Gasteiger partial charge in [-0.2, -0.15) is 13.5 Å². The number of ether oxygens (including phenoxy) is 1. The number of sulfonamides is 1. The largest absolute Gasteiger partial charge is 0.490 e. The molecule has 0 aliphatic heterocycles. The van der Waals surface area contributed by atoms with E-state index in [1.54, 1.807) is 24.3 Å². The molecule has 1 N–H and O–H groups in total. The molecule has 0 fully saturated rings. The smallest absolute Gasteiger partial charge is 0.276 e. The van der Waals surface area contributed by atoms with Crippen LogP contribution < -0.4 is 9.57 Å². The Labute approximate surface area is 164 Å². The summed E-state index contributed by atoms with van der Waals surface area (Å²) >= 11 is 12.3. The normalized spacial score (nSPS) is 11.7. The van der Waals surface area contributed by atoms with E-state index in [0.29, 0.717) is 28.0 Å². The van der Waals surface area contributed by atoms with Crippen molar-refractivity contribution < 1.29 is 13.2 Å². The third-order valence-corrected chi connectivity index (χ3v) is 5.43. The fourth-order valence-corrected chi connectivity index (χ4v) is 3.59. The molecule has 0 radical (unpaired) electrons. The molecule has 0 saturated heterocycles. The highest BCUT2D eigenvalue weighted by Crippen LogP contribution is 2.33. The predicted octanol–water partition coefficient (Wildman–Crippen LogP) is 4.71. The van der Waals surface area contributed by atoms with Gasteiger partial charge < -0.3 is 4.74 Å². The molecule has 0 unspecified atom stereocenters. The second-order valence-electron chi connectivity index (χ2n) is 5.76. The quantitative estimate of drug-likeness (QED) is 0.526. The van der Waals surface area contributed by atoms with Crippen molar-refractivity contribution in [2.24, 2.45) is 5.10 Å². The Hall–Kier alpha value is -1.76. The lowest BCUT2D eigenvalue weighted by Gasteiger charge is -2.09. The van der Waals surface area contributed by atoms with Gasteiger partial charge in [0.15, 0.2) is 5.75 Å². The molecule has 0 amide bonds. The van der Waals surface area contributed by atoms with Crippen LogP contribution in [0.3, 0.4) is 0 Å². The molecular weight excluding hydrogens is 395 g/mol. The minimum atomic E-state index is -3.75. The highest BCUT2D eigenvalue weighted by molar-refractivity contribution is 7.89. The number of rotatable bonds is 7. The molecule has 0 bridgehead atoms. The van der Waals surface area contributed by atoms with Gasteiger partial charge >= 0.3 is 0 Å². The van der Waals surface area contributed by atoms with Crippen molar-refractivity contribution >= 4 is 39.4 Å². The van der Waals surface area contributed by atoms with Crippen LogP contribution >= 0.6 is 23.2 Å². The number of nitrogens with one attached hydrogen (secondary N) is 1. The van der Waals surface area contributed by atoms with Crippen LogP contribution in [0.4, 0.5) is 0 Å². The highest BCUT2D eigenvalue weighted by Gasteiger charge is 2.13. The Bertz CT molecular complexity index is 905. The zero-order chi connectivity index (χ0) is 19.3. The van der Waals surface area contributed by atoms with E-state index < -0.39 is 10.0 Å². The monoisotopic (exact) mass is 414 g/mol. The summed E-state index contributed by atoms with van der Waals surface area (Å²) in [5.74, 6) is 0.406. The van der Waals surface area contributed by atoms with E-state index in [9.17, 15) is 8.42 Å². The molecule has 0 aliphatic carbocycles. The van der Waals surface area contributed by atoms with E-state index in [1.807, 2.05) is 20.8 Å². The second-order valence-corrected chi connectivity index (χ2v) is 8.24. The summed E-state index contributed by atoms with van der Waals surface area (Å²) in [5.41, 5.74) is 2.45. The Morgan fingerprint density at radius 3 is 2.35 bits per heavy atom. The molecule has 0 aliphatic rings. The molecule has 0 aromatic heterocycles. The number of benzene rings is 2. The summed E-state index contributed by atoms with van der Waals surface area (Å²) in [4.78, 5) is 2.33. The summed E-state index contributed by atoms with van der Waals surface area (Å²) in [6.07, 6.45) is 2.16. The molecule has 8 heteroatoms. The van der Waals surface area contributed by atoms with Gasteiger partial charge in [-0.05, 0) is 61.2 Å². The first kappa shape index (κ1) is 20.6. The molecule has 2 aromatic rings. The van der Waals surface area contributed by atoms with Gasteiger partial charge in [-0.1, -0.05) is 36.2 Å². The molecular formula is C18H20Cl2N2O3S. The van der Waals surface area contributed by atoms with E-state index in [4.69, 9.17) is 27.9 Å². The summed E-state index contributed by atoms with van der Waals surface area (Å²) in [6.45, 7) is 6.25. The summed E-state index contributed by atoms with van der Waals surface area (Å²) in [7, 11) is -3.75. The van der Waals surface area contributed by atoms with Crippen molar-refractivity contribution in [3.8, 4) is 5.75 Å². The zero-order valence-corrected chi connectivity index (χ0v) is 17.0. The molecule has 2 rings (SSSR count). The summed E-state index contributed by atoms with van der Waals surface area (Å²) in [6, 6.07) is 8.09. The van der Waals surface area contributed by atoms with Crippen molar-refractivity contribution in [1.29, 1.82) is 0 Å². The predicted molar refractivity (Wildman–Crippen MR) is 106 cm³/mol. The van der Waals surface area contributed by atoms with Crippen LogP contribution in [-0.2, 0) is 10.0 Å². The molecule has 5 nitrogen and oxygen atoms in total. The lowest BCUT2D eigenvalue weighted by atomic mass is 10.1. The van der Waals surface area contributed by atoms with Gasteiger partial charge in [-0.3, -0.25) is 0 Å². The van der Waals surface area contributed by atoms with Gasteiger partial charge in [0.1, 0.15) is 0 Å².